The Hall–Kier alpha value is -1.43. The van der Waals surface area contributed by atoms with Gasteiger partial charge in [0.2, 0.25) is 5.91 Å². The van der Waals surface area contributed by atoms with Gasteiger partial charge in [0.05, 0.1) is 19.3 Å². The zero-order chi connectivity index (χ0) is 11.1. The van der Waals surface area contributed by atoms with Crippen molar-refractivity contribution in [3.8, 4) is 0 Å². The Labute approximate surface area is 89.0 Å². The van der Waals surface area contributed by atoms with Crippen molar-refractivity contribution in [1.82, 2.24) is 25.6 Å². The highest BCUT2D eigenvalue weighted by molar-refractivity contribution is 5.78. The van der Waals surface area contributed by atoms with Crippen molar-refractivity contribution >= 4 is 5.91 Å². The fourth-order valence-corrected chi connectivity index (χ4v) is 1.12. The van der Waals surface area contributed by atoms with Gasteiger partial charge in [-0.15, -0.1) is 5.10 Å². The Balaban J connectivity index is 2.04. The van der Waals surface area contributed by atoms with Crippen molar-refractivity contribution in [2.75, 3.05) is 13.1 Å². The van der Waals surface area contributed by atoms with E-state index in [1.54, 1.807) is 17.1 Å². The number of hydrogen-bond donors (Lipinski definition) is 2. The van der Waals surface area contributed by atoms with E-state index < -0.39 is 0 Å². The molecule has 0 aromatic carbocycles. The zero-order valence-electron chi connectivity index (χ0n) is 9.10. The van der Waals surface area contributed by atoms with E-state index in [0.29, 0.717) is 13.1 Å². The number of aromatic nitrogens is 3. The van der Waals surface area contributed by atoms with Gasteiger partial charge in [-0.3, -0.25) is 9.48 Å². The molecule has 0 aliphatic rings. The second-order valence-electron chi connectivity index (χ2n) is 3.57. The standard InChI is InChI=1S/C9H17N5O/c1-8(2)12-9(15)7-10-3-5-14-6-4-11-13-14/h4,6,8,10H,3,5,7H2,1-2H3,(H,12,15). The second kappa shape index (κ2) is 6.13. The number of carbonyl (C=O) groups is 1. The van der Waals surface area contributed by atoms with Crippen LogP contribution in [0.2, 0.25) is 0 Å². The predicted molar refractivity (Wildman–Crippen MR) is 56.2 cm³/mol. The third kappa shape index (κ3) is 5.11. The van der Waals surface area contributed by atoms with E-state index in [2.05, 4.69) is 20.9 Å². The molecule has 0 aliphatic carbocycles. The highest BCUT2D eigenvalue weighted by atomic mass is 16.1. The molecule has 0 radical (unpaired) electrons. The van der Waals surface area contributed by atoms with Gasteiger partial charge in [0.15, 0.2) is 0 Å². The van der Waals surface area contributed by atoms with Gasteiger partial charge < -0.3 is 10.6 Å². The molecule has 0 saturated heterocycles. The molecule has 6 heteroatoms. The lowest BCUT2D eigenvalue weighted by molar-refractivity contribution is -0.120. The number of nitrogens with one attached hydrogen (secondary N) is 2. The minimum absolute atomic E-state index is 0.0172. The first-order valence-corrected chi connectivity index (χ1v) is 5.02. The number of nitrogens with zero attached hydrogens (tertiary/aromatic N) is 3. The Morgan fingerprint density at radius 1 is 1.53 bits per heavy atom. The van der Waals surface area contributed by atoms with E-state index in [4.69, 9.17) is 0 Å². The minimum atomic E-state index is 0.0172. The lowest BCUT2D eigenvalue weighted by atomic mass is 10.4. The number of hydrogen-bond acceptors (Lipinski definition) is 4. The van der Waals surface area contributed by atoms with E-state index >= 15 is 0 Å². The maximum absolute atomic E-state index is 11.2. The lowest BCUT2D eigenvalue weighted by Crippen LogP contribution is -2.38. The highest BCUT2D eigenvalue weighted by Crippen LogP contribution is 1.79. The number of carbonyl (C=O) groups excluding carboxylic acids is 1. The quantitative estimate of drug-likeness (QED) is 0.616. The summed E-state index contributed by atoms with van der Waals surface area (Å²) in [6.45, 7) is 5.64. The van der Waals surface area contributed by atoms with E-state index in [-0.39, 0.29) is 11.9 Å². The van der Waals surface area contributed by atoms with Gasteiger partial charge in [0, 0.05) is 18.8 Å². The maximum atomic E-state index is 11.2. The SMILES string of the molecule is CC(C)NC(=O)CNCCn1ccnn1. The van der Waals surface area contributed by atoms with E-state index in [1.165, 1.54) is 0 Å². The molecule has 1 heterocycles. The summed E-state index contributed by atoms with van der Waals surface area (Å²) >= 11 is 0. The van der Waals surface area contributed by atoms with Crippen LogP contribution in [0.1, 0.15) is 13.8 Å². The molecule has 0 spiro atoms. The van der Waals surface area contributed by atoms with Gasteiger partial charge in [-0.1, -0.05) is 5.21 Å². The van der Waals surface area contributed by atoms with Crippen LogP contribution in [0.15, 0.2) is 12.4 Å². The van der Waals surface area contributed by atoms with Crippen LogP contribution in [0.5, 0.6) is 0 Å². The van der Waals surface area contributed by atoms with Gasteiger partial charge in [-0.05, 0) is 13.8 Å². The highest BCUT2D eigenvalue weighted by Gasteiger charge is 2.01. The average Bonchev–Trinajstić information content (AvgIpc) is 2.63. The molecule has 6 nitrogen and oxygen atoms in total. The molecule has 0 fully saturated rings. The Morgan fingerprint density at radius 2 is 2.33 bits per heavy atom. The van der Waals surface area contributed by atoms with Gasteiger partial charge in [-0.2, -0.15) is 0 Å². The third-order valence-corrected chi connectivity index (χ3v) is 1.72. The predicted octanol–water partition coefficient (Wildman–Crippen LogP) is -0.608. The normalized spacial score (nSPS) is 10.6. The molecule has 0 aliphatic heterocycles. The topological polar surface area (TPSA) is 71.8 Å². The molecule has 0 unspecified atom stereocenters. The van der Waals surface area contributed by atoms with E-state index in [9.17, 15) is 4.79 Å². The summed E-state index contributed by atoms with van der Waals surface area (Å²) in [5.74, 6) is 0.0172. The smallest absolute Gasteiger partial charge is 0.234 e. The molecule has 1 aromatic heterocycles. The summed E-state index contributed by atoms with van der Waals surface area (Å²) in [5.41, 5.74) is 0. The first-order chi connectivity index (χ1) is 7.18. The first kappa shape index (κ1) is 11.6. The van der Waals surface area contributed by atoms with Crippen LogP contribution >= 0.6 is 0 Å². The molecule has 2 N–H and O–H groups in total. The molecule has 1 aromatic rings. The first-order valence-electron chi connectivity index (χ1n) is 5.02. The van der Waals surface area contributed by atoms with Crippen molar-refractivity contribution < 1.29 is 4.79 Å². The monoisotopic (exact) mass is 211 g/mol. The maximum Gasteiger partial charge on any atom is 0.234 e. The van der Waals surface area contributed by atoms with Crippen LogP contribution in [-0.4, -0.2) is 40.0 Å². The summed E-state index contributed by atoms with van der Waals surface area (Å²) in [6, 6.07) is 0.189. The third-order valence-electron chi connectivity index (χ3n) is 1.72. The van der Waals surface area contributed by atoms with Crippen molar-refractivity contribution in [1.29, 1.82) is 0 Å². The van der Waals surface area contributed by atoms with Crippen LogP contribution in [-0.2, 0) is 11.3 Å². The van der Waals surface area contributed by atoms with Crippen molar-refractivity contribution in [2.45, 2.75) is 26.4 Å². The van der Waals surface area contributed by atoms with Crippen molar-refractivity contribution in [3.63, 3.8) is 0 Å². The summed E-state index contributed by atoms with van der Waals surface area (Å²) in [5, 5.41) is 13.3. The van der Waals surface area contributed by atoms with Crippen molar-refractivity contribution in [3.05, 3.63) is 12.4 Å². The van der Waals surface area contributed by atoms with Crippen LogP contribution < -0.4 is 10.6 Å². The summed E-state index contributed by atoms with van der Waals surface area (Å²) in [4.78, 5) is 11.2. The Morgan fingerprint density at radius 3 is 2.93 bits per heavy atom. The zero-order valence-corrected chi connectivity index (χ0v) is 9.10. The van der Waals surface area contributed by atoms with Crippen LogP contribution in [0, 0.1) is 0 Å². The fourth-order valence-electron chi connectivity index (χ4n) is 1.12. The number of rotatable bonds is 6. The summed E-state index contributed by atoms with van der Waals surface area (Å²) in [7, 11) is 0. The largest absolute Gasteiger partial charge is 0.353 e. The van der Waals surface area contributed by atoms with Gasteiger partial charge >= 0.3 is 0 Å². The van der Waals surface area contributed by atoms with Crippen LogP contribution in [0.4, 0.5) is 0 Å². The average molecular weight is 211 g/mol. The van der Waals surface area contributed by atoms with E-state index in [1.807, 2.05) is 13.8 Å². The molecule has 0 saturated carbocycles. The summed E-state index contributed by atoms with van der Waals surface area (Å²) in [6.07, 6.45) is 3.42. The van der Waals surface area contributed by atoms with Gasteiger partial charge in [0.1, 0.15) is 0 Å². The molecule has 1 amide bonds. The fraction of sp³-hybridized carbons (Fsp3) is 0.667. The molecule has 1 rings (SSSR count). The van der Waals surface area contributed by atoms with Gasteiger partial charge in [-0.25, -0.2) is 0 Å². The molecule has 0 atom stereocenters. The molecular formula is C9H17N5O. The minimum Gasteiger partial charge on any atom is -0.353 e. The molecular weight excluding hydrogens is 194 g/mol. The summed E-state index contributed by atoms with van der Waals surface area (Å²) < 4.78 is 1.72. The van der Waals surface area contributed by atoms with Gasteiger partial charge in [0.25, 0.3) is 0 Å². The van der Waals surface area contributed by atoms with Crippen molar-refractivity contribution in [2.24, 2.45) is 0 Å². The Bertz CT molecular complexity index is 283. The van der Waals surface area contributed by atoms with Crippen LogP contribution in [0.3, 0.4) is 0 Å². The molecule has 84 valence electrons. The molecule has 15 heavy (non-hydrogen) atoms. The second-order valence-corrected chi connectivity index (χ2v) is 3.57. The molecule has 0 bridgehead atoms. The van der Waals surface area contributed by atoms with E-state index in [0.717, 1.165) is 6.54 Å². The Kier molecular flexibility index (Phi) is 4.76. The number of amides is 1. The van der Waals surface area contributed by atoms with Crippen LogP contribution in [0.25, 0.3) is 0 Å². The lowest BCUT2D eigenvalue weighted by Gasteiger charge is -2.08.